The highest BCUT2D eigenvalue weighted by Gasteiger charge is 2.66. The SMILES string of the molecule is CC1(C)[C@H](C(=O)N2CCCC(O)(CNC(=O)CC3CCC3)C2)[C@@H]1C(F)F. The van der Waals surface area contributed by atoms with Crippen LogP contribution in [-0.4, -0.2) is 53.5 Å². The van der Waals surface area contributed by atoms with Crippen molar-refractivity contribution < 1.29 is 23.5 Å². The van der Waals surface area contributed by atoms with Crippen LogP contribution in [0.15, 0.2) is 0 Å². The maximum atomic E-state index is 13.1. The first-order valence-electron chi connectivity index (χ1n) is 9.70. The van der Waals surface area contributed by atoms with E-state index in [4.69, 9.17) is 0 Å². The van der Waals surface area contributed by atoms with E-state index in [1.54, 1.807) is 13.8 Å². The molecule has 0 spiro atoms. The van der Waals surface area contributed by atoms with Gasteiger partial charge in [-0.25, -0.2) is 8.78 Å². The largest absolute Gasteiger partial charge is 0.386 e. The number of hydrogen-bond donors (Lipinski definition) is 2. The molecule has 2 amide bonds. The number of hydrogen-bond acceptors (Lipinski definition) is 3. The van der Waals surface area contributed by atoms with Gasteiger partial charge in [0.25, 0.3) is 0 Å². The molecule has 26 heavy (non-hydrogen) atoms. The van der Waals surface area contributed by atoms with Gasteiger partial charge >= 0.3 is 0 Å². The van der Waals surface area contributed by atoms with Gasteiger partial charge in [0.05, 0.1) is 18.1 Å². The lowest BCUT2D eigenvalue weighted by Crippen LogP contribution is -2.56. The summed E-state index contributed by atoms with van der Waals surface area (Å²) < 4.78 is 26.3. The third-order valence-corrected chi connectivity index (χ3v) is 6.63. The molecule has 1 unspecified atom stereocenters. The van der Waals surface area contributed by atoms with Crippen LogP contribution in [0.25, 0.3) is 0 Å². The van der Waals surface area contributed by atoms with E-state index in [-0.39, 0.29) is 24.9 Å². The first-order valence-corrected chi connectivity index (χ1v) is 9.70. The van der Waals surface area contributed by atoms with E-state index < -0.39 is 29.3 Å². The summed E-state index contributed by atoms with van der Waals surface area (Å²) in [5, 5.41) is 13.6. The maximum absolute atomic E-state index is 13.1. The molecule has 1 saturated heterocycles. The van der Waals surface area contributed by atoms with Crippen LogP contribution in [0.3, 0.4) is 0 Å². The molecule has 1 aliphatic heterocycles. The number of amides is 2. The van der Waals surface area contributed by atoms with Crippen LogP contribution in [0, 0.1) is 23.2 Å². The number of rotatable bonds is 6. The Kier molecular flexibility index (Phi) is 5.30. The fourth-order valence-electron chi connectivity index (χ4n) is 4.56. The van der Waals surface area contributed by atoms with Gasteiger partial charge in [0.1, 0.15) is 0 Å². The van der Waals surface area contributed by atoms with Gasteiger partial charge in [-0.15, -0.1) is 0 Å². The fraction of sp³-hybridized carbons (Fsp3) is 0.895. The van der Waals surface area contributed by atoms with Crippen LogP contribution in [0.4, 0.5) is 8.78 Å². The van der Waals surface area contributed by atoms with Crippen LogP contribution in [0.2, 0.25) is 0 Å². The highest BCUT2D eigenvalue weighted by atomic mass is 19.3. The van der Waals surface area contributed by atoms with Gasteiger partial charge in [-0.05, 0) is 37.0 Å². The quantitative estimate of drug-likeness (QED) is 0.751. The van der Waals surface area contributed by atoms with Crippen molar-refractivity contribution in [1.29, 1.82) is 0 Å². The minimum Gasteiger partial charge on any atom is -0.386 e. The second kappa shape index (κ2) is 7.06. The Labute approximate surface area is 153 Å². The number of β-amino-alcohol motifs (C(OH)–C–C–N with tert-alkyl or cyclic N) is 1. The number of piperidine rings is 1. The topological polar surface area (TPSA) is 69.6 Å². The summed E-state index contributed by atoms with van der Waals surface area (Å²) in [6, 6.07) is 0. The fourth-order valence-corrected chi connectivity index (χ4v) is 4.56. The number of carbonyl (C=O) groups is 2. The molecule has 0 aromatic rings. The maximum Gasteiger partial charge on any atom is 0.242 e. The molecular formula is C19H30F2N2O3. The summed E-state index contributed by atoms with van der Waals surface area (Å²) in [7, 11) is 0. The molecule has 2 saturated carbocycles. The average Bonchev–Trinajstić information content (AvgIpc) is 3.11. The van der Waals surface area contributed by atoms with Crippen LogP contribution < -0.4 is 5.32 Å². The van der Waals surface area contributed by atoms with Crippen molar-refractivity contribution in [3.8, 4) is 0 Å². The summed E-state index contributed by atoms with van der Waals surface area (Å²) in [5.41, 5.74) is -1.87. The lowest BCUT2D eigenvalue weighted by Gasteiger charge is -2.39. The van der Waals surface area contributed by atoms with Gasteiger partial charge in [0.15, 0.2) is 0 Å². The van der Waals surface area contributed by atoms with E-state index in [1.165, 1.54) is 11.3 Å². The van der Waals surface area contributed by atoms with Gasteiger partial charge in [-0.1, -0.05) is 20.3 Å². The molecule has 0 aromatic carbocycles. The van der Waals surface area contributed by atoms with Crippen molar-refractivity contribution in [2.75, 3.05) is 19.6 Å². The van der Waals surface area contributed by atoms with Crippen molar-refractivity contribution in [3.63, 3.8) is 0 Å². The summed E-state index contributed by atoms with van der Waals surface area (Å²) in [6.45, 7) is 4.07. The van der Waals surface area contributed by atoms with Crippen LogP contribution in [0.1, 0.15) is 52.4 Å². The van der Waals surface area contributed by atoms with Crippen molar-refractivity contribution >= 4 is 11.8 Å². The predicted molar refractivity (Wildman–Crippen MR) is 92.5 cm³/mol. The molecule has 0 bridgehead atoms. The zero-order chi connectivity index (χ0) is 19.1. The molecule has 1 heterocycles. The van der Waals surface area contributed by atoms with Crippen LogP contribution >= 0.6 is 0 Å². The Morgan fingerprint density at radius 2 is 1.96 bits per heavy atom. The number of nitrogens with one attached hydrogen (secondary N) is 1. The summed E-state index contributed by atoms with van der Waals surface area (Å²) in [4.78, 5) is 26.2. The number of halogens is 2. The van der Waals surface area contributed by atoms with E-state index in [9.17, 15) is 23.5 Å². The predicted octanol–water partition coefficient (Wildman–Crippen LogP) is 2.18. The first-order chi connectivity index (χ1) is 12.1. The molecule has 2 N–H and O–H groups in total. The highest BCUT2D eigenvalue weighted by Crippen LogP contribution is 2.61. The summed E-state index contributed by atoms with van der Waals surface area (Å²) in [6.07, 6.45) is 2.43. The number of carbonyl (C=O) groups excluding carboxylic acids is 2. The standard InChI is InChI=1S/C19H30F2N2O3/c1-18(2)14(16(20)21)15(18)17(25)23-8-4-7-19(26,11-23)10-22-13(24)9-12-5-3-6-12/h12,14-16,26H,3-11H2,1-2H3,(H,22,24)/t14-,15+,19?/m1/s1. The molecule has 7 heteroatoms. The summed E-state index contributed by atoms with van der Waals surface area (Å²) >= 11 is 0. The van der Waals surface area contributed by atoms with Gasteiger partial charge in [0.2, 0.25) is 18.2 Å². The van der Waals surface area contributed by atoms with Gasteiger partial charge in [0, 0.05) is 25.4 Å². The minimum absolute atomic E-state index is 0.0623. The van der Waals surface area contributed by atoms with Crippen LogP contribution in [-0.2, 0) is 9.59 Å². The highest BCUT2D eigenvalue weighted by molar-refractivity contribution is 5.83. The number of likely N-dealkylation sites (tertiary alicyclic amines) is 1. The number of alkyl halides is 2. The van der Waals surface area contributed by atoms with Crippen molar-refractivity contribution in [2.45, 2.75) is 64.4 Å². The number of nitrogens with zero attached hydrogens (tertiary/aromatic N) is 1. The van der Waals surface area contributed by atoms with E-state index in [0.717, 1.165) is 12.8 Å². The summed E-state index contributed by atoms with van der Waals surface area (Å²) in [5.74, 6) is -1.49. The van der Waals surface area contributed by atoms with Crippen molar-refractivity contribution in [3.05, 3.63) is 0 Å². The lowest BCUT2D eigenvalue weighted by atomic mass is 9.83. The zero-order valence-corrected chi connectivity index (χ0v) is 15.6. The third-order valence-electron chi connectivity index (χ3n) is 6.63. The lowest BCUT2D eigenvalue weighted by molar-refractivity contribution is -0.141. The molecule has 3 aliphatic rings. The van der Waals surface area contributed by atoms with E-state index in [1.807, 2.05) is 0 Å². The van der Waals surface area contributed by atoms with Crippen molar-refractivity contribution in [2.24, 2.45) is 23.2 Å². The minimum atomic E-state index is -2.51. The Morgan fingerprint density at radius 3 is 2.50 bits per heavy atom. The van der Waals surface area contributed by atoms with Gasteiger partial charge in [-0.2, -0.15) is 0 Å². The smallest absolute Gasteiger partial charge is 0.242 e. The molecule has 148 valence electrons. The zero-order valence-electron chi connectivity index (χ0n) is 15.6. The Hall–Kier alpha value is -1.24. The monoisotopic (exact) mass is 372 g/mol. The molecule has 3 rings (SSSR count). The van der Waals surface area contributed by atoms with Crippen molar-refractivity contribution in [1.82, 2.24) is 10.2 Å². The van der Waals surface area contributed by atoms with E-state index in [0.29, 0.717) is 31.7 Å². The third kappa shape index (κ3) is 3.87. The second-order valence-electron chi connectivity index (χ2n) is 9.02. The molecule has 0 aromatic heterocycles. The average molecular weight is 372 g/mol. The van der Waals surface area contributed by atoms with Gasteiger partial charge < -0.3 is 15.3 Å². The Bertz CT molecular complexity index is 565. The number of aliphatic hydroxyl groups is 1. The van der Waals surface area contributed by atoms with Crippen LogP contribution in [0.5, 0.6) is 0 Å². The molecule has 3 fully saturated rings. The second-order valence-corrected chi connectivity index (χ2v) is 9.02. The molecule has 2 aliphatic carbocycles. The first kappa shape index (κ1) is 19.5. The molecule has 5 nitrogen and oxygen atoms in total. The molecule has 3 atom stereocenters. The Morgan fingerprint density at radius 1 is 1.27 bits per heavy atom. The molecular weight excluding hydrogens is 342 g/mol. The normalized spacial score (nSPS) is 33.7. The van der Waals surface area contributed by atoms with E-state index in [2.05, 4.69) is 5.32 Å². The van der Waals surface area contributed by atoms with Gasteiger partial charge in [-0.3, -0.25) is 9.59 Å². The molecule has 0 radical (unpaired) electrons. The Balaban J connectivity index is 1.53. The van der Waals surface area contributed by atoms with E-state index >= 15 is 0 Å².